The third kappa shape index (κ3) is 7.16. The standard InChI is InChI=1S/C30H34F3N3O4/c1-19(2)25-27(39)35(23(21-14-10-7-11-15-21)17-36(25)28(40)29(3,4)5)18-24(37)34-22(26(38)30(31,32)33)16-20-12-8-6-9-13-20/h6-15,17,19,22,25H,16,18H2,1-5H3,(H,34,37)/t22-,25-/m0/s1. The van der Waals surface area contributed by atoms with Crippen molar-refractivity contribution >= 4 is 29.2 Å². The summed E-state index contributed by atoms with van der Waals surface area (Å²) >= 11 is 0. The summed E-state index contributed by atoms with van der Waals surface area (Å²) in [6.45, 7) is 8.09. The van der Waals surface area contributed by atoms with Gasteiger partial charge in [0.15, 0.2) is 0 Å². The maximum absolute atomic E-state index is 13.9. The van der Waals surface area contributed by atoms with Crippen molar-refractivity contribution in [3.8, 4) is 0 Å². The van der Waals surface area contributed by atoms with Gasteiger partial charge < -0.3 is 10.2 Å². The second-order valence-corrected chi connectivity index (χ2v) is 11.1. The Balaban J connectivity index is 1.99. The smallest absolute Gasteiger partial charge is 0.344 e. The Morgan fingerprint density at radius 3 is 1.98 bits per heavy atom. The summed E-state index contributed by atoms with van der Waals surface area (Å²) in [4.78, 5) is 55.2. The molecule has 3 amide bonds. The zero-order valence-corrected chi connectivity index (χ0v) is 23.2. The van der Waals surface area contributed by atoms with Gasteiger partial charge in [-0.1, -0.05) is 95.3 Å². The van der Waals surface area contributed by atoms with Crippen molar-refractivity contribution in [3.05, 3.63) is 78.0 Å². The number of carbonyl (C=O) groups excluding carboxylic acids is 4. The molecule has 1 aliphatic heterocycles. The van der Waals surface area contributed by atoms with Crippen molar-refractivity contribution in [2.24, 2.45) is 11.3 Å². The van der Waals surface area contributed by atoms with E-state index in [1.54, 1.807) is 95.3 Å². The summed E-state index contributed by atoms with van der Waals surface area (Å²) in [5.41, 5.74) is 0.399. The van der Waals surface area contributed by atoms with Crippen molar-refractivity contribution in [1.29, 1.82) is 0 Å². The van der Waals surface area contributed by atoms with Crippen LogP contribution in [0.1, 0.15) is 45.7 Å². The van der Waals surface area contributed by atoms with Gasteiger partial charge in [0.05, 0.1) is 5.70 Å². The van der Waals surface area contributed by atoms with E-state index in [2.05, 4.69) is 5.32 Å². The van der Waals surface area contributed by atoms with Crippen LogP contribution in [0.25, 0.3) is 5.70 Å². The molecule has 2 atom stereocenters. The van der Waals surface area contributed by atoms with Crippen molar-refractivity contribution < 1.29 is 32.3 Å². The van der Waals surface area contributed by atoms with Crippen molar-refractivity contribution in [2.75, 3.05) is 6.54 Å². The molecule has 40 heavy (non-hydrogen) atoms. The minimum absolute atomic E-state index is 0.247. The van der Waals surface area contributed by atoms with E-state index in [-0.39, 0.29) is 23.9 Å². The van der Waals surface area contributed by atoms with E-state index in [0.717, 1.165) is 0 Å². The lowest BCUT2D eigenvalue weighted by Crippen LogP contribution is -2.58. The summed E-state index contributed by atoms with van der Waals surface area (Å²) in [5.74, 6) is -4.21. The summed E-state index contributed by atoms with van der Waals surface area (Å²) in [6, 6.07) is 13.8. The number of hydrogen-bond donors (Lipinski definition) is 1. The zero-order valence-electron chi connectivity index (χ0n) is 23.2. The van der Waals surface area contributed by atoms with E-state index in [9.17, 15) is 32.3 Å². The van der Waals surface area contributed by atoms with E-state index >= 15 is 0 Å². The molecule has 7 nitrogen and oxygen atoms in total. The quantitative estimate of drug-likeness (QED) is 0.515. The number of ketones is 1. The number of carbonyl (C=O) groups is 4. The van der Waals surface area contributed by atoms with Gasteiger partial charge in [-0.15, -0.1) is 0 Å². The highest BCUT2D eigenvalue weighted by Crippen LogP contribution is 2.33. The first-order valence-electron chi connectivity index (χ1n) is 13.0. The number of Topliss-reactive ketones (excluding diaryl/α,β-unsaturated/α-hetero) is 1. The predicted molar refractivity (Wildman–Crippen MR) is 144 cm³/mol. The molecule has 0 radical (unpaired) electrons. The molecule has 214 valence electrons. The topological polar surface area (TPSA) is 86.8 Å². The lowest BCUT2D eigenvalue weighted by Gasteiger charge is -2.43. The molecule has 1 N–H and O–H groups in total. The van der Waals surface area contributed by atoms with Crippen LogP contribution in [0.3, 0.4) is 0 Å². The van der Waals surface area contributed by atoms with Gasteiger partial charge in [-0.3, -0.25) is 24.1 Å². The third-order valence-electron chi connectivity index (χ3n) is 6.46. The highest BCUT2D eigenvalue weighted by atomic mass is 19.4. The van der Waals surface area contributed by atoms with Crippen molar-refractivity contribution in [3.63, 3.8) is 0 Å². The largest absolute Gasteiger partial charge is 0.452 e. The molecule has 0 fully saturated rings. The molecule has 0 unspecified atom stereocenters. The average molecular weight is 558 g/mol. The average Bonchev–Trinajstić information content (AvgIpc) is 2.88. The van der Waals surface area contributed by atoms with Crippen LogP contribution in [0.5, 0.6) is 0 Å². The lowest BCUT2D eigenvalue weighted by molar-refractivity contribution is -0.173. The first-order chi connectivity index (χ1) is 18.6. The van der Waals surface area contributed by atoms with Crippen LogP contribution in [-0.2, 0) is 25.6 Å². The molecule has 0 saturated heterocycles. The first-order valence-corrected chi connectivity index (χ1v) is 13.0. The maximum Gasteiger partial charge on any atom is 0.452 e. The second kappa shape index (κ2) is 12.1. The Morgan fingerprint density at radius 2 is 1.48 bits per heavy atom. The van der Waals surface area contributed by atoms with E-state index in [1.807, 2.05) is 0 Å². The molecule has 0 aliphatic carbocycles. The first kappa shape index (κ1) is 30.6. The minimum Gasteiger partial charge on any atom is -0.344 e. The summed E-state index contributed by atoms with van der Waals surface area (Å²) in [5, 5.41) is 2.20. The number of amides is 3. The fraction of sp³-hybridized carbons (Fsp3) is 0.400. The Kier molecular flexibility index (Phi) is 9.22. The Bertz CT molecular complexity index is 1270. The molecule has 2 aromatic rings. The van der Waals surface area contributed by atoms with Crippen molar-refractivity contribution in [2.45, 2.75) is 59.3 Å². The van der Waals surface area contributed by atoms with Gasteiger partial charge in [0.2, 0.25) is 11.8 Å². The van der Waals surface area contributed by atoms with Crippen LogP contribution in [0.4, 0.5) is 13.2 Å². The summed E-state index contributed by atoms with van der Waals surface area (Å²) in [7, 11) is 0. The number of benzene rings is 2. The number of hydrogen-bond acceptors (Lipinski definition) is 4. The monoisotopic (exact) mass is 557 g/mol. The normalized spacial score (nSPS) is 17.0. The van der Waals surface area contributed by atoms with Crippen LogP contribution < -0.4 is 5.32 Å². The Labute approximate surface area is 232 Å². The number of nitrogens with one attached hydrogen (secondary N) is 1. The van der Waals surface area contributed by atoms with Crippen LogP contribution in [0.15, 0.2) is 66.9 Å². The predicted octanol–water partition coefficient (Wildman–Crippen LogP) is 4.59. The zero-order chi connectivity index (χ0) is 29.8. The summed E-state index contributed by atoms with van der Waals surface area (Å²) in [6.07, 6.45) is -4.02. The maximum atomic E-state index is 13.9. The molecule has 2 aromatic carbocycles. The number of nitrogens with zero attached hydrogens (tertiary/aromatic N) is 2. The van der Waals surface area contributed by atoms with E-state index < -0.39 is 47.8 Å². The van der Waals surface area contributed by atoms with Crippen LogP contribution >= 0.6 is 0 Å². The molecular formula is C30H34F3N3O4. The molecule has 3 rings (SSSR count). The van der Waals surface area contributed by atoms with E-state index in [4.69, 9.17) is 0 Å². The van der Waals surface area contributed by atoms with Gasteiger partial charge in [-0.05, 0) is 17.0 Å². The lowest BCUT2D eigenvalue weighted by atomic mass is 9.90. The molecular weight excluding hydrogens is 523 g/mol. The van der Waals surface area contributed by atoms with Gasteiger partial charge >= 0.3 is 6.18 Å². The number of halogens is 3. The van der Waals surface area contributed by atoms with Gasteiger partial charge in [0, 0.05) is 18.0 Å². The summed E-state index contributed by atoms with van der Waals surface area (Å²) < 4.78 is 40.2. The molecule has 1 heterocycles. The van der Waals surface area contributed by atoms with E-state index in [0.29, 0.717) is 11.1 Å². The van der Waals surface area contributed by atoms with Gasteiger partial charge in [0.25, 0.3) is 11.7 Å². The SMILES string of the molecule is CC(C)[C@H]1C(=O)N(CC(=O)N[C@@H](Cc2ccccc2)C(=O)C(F)(F)F)C(c2ccccc2)=CN1C(=O)C(C)(C)C. The van der Waals surface area contributed by atoms with Crippen molar-refractivity contribution in [1.82, 2.24) is 15.1 Å². The number of alkyl halides is 3. The van der Waals surface area contributed by atoms with Crippen LogP contribution in [-0.4, -0.2) is 58.1 Å². The van der Waals surface area contributed by atoms with Gasteiger partial charge in [-0.25, -0.2) is 0 Å². The number of rotatable bonds is 8. The molecule has 10 heteroatoms. The van der Waals surface area contributed by atoms with Gasteiger partial charge in [0.1, 0.15) is 18.6 Å². The Morgan fingerprint density at radius 1 is 0.925 bits per heavy atom. The molecule has 0 spiro atoms. The second-order valence-electron chi connectivity index (χ2n) is 11.1. The fourth-order valence-corrected chi connectivity index (χ4v) is 4.50. The van der Waals surface area contributed by atoms with E-state index in [1.165, 1.54) is 16.0 Å². The highest BCUT2D eigenvalue weighted by Gasteiger charge is 2.46. The van der Waals surface area contributed by atoms with Gasteiger partial charge in [-0.2, -0.15) is 13.2 Å². The molecule has 0 saturated carbocycles. The van der Waals surface area contributed by atoms with Crippen LogP contribution in [0.2, 0.25) is 0 Å². The Hall–Kier alpha value is -3.95. The molecule has 1 aliphatic rings. The fourth-order valence-electron chi connectivity index (χ4n) is 4.50. The molecule has 0 aromatic heterocycles. The minimum atomic E-state index is -5.17. The molecule has 0 bridgehead atoms. The van der Waals surface area contributed by atoms with Crippen LogP contribution in [0, 0.1) is 11.3 Å². The highest BCUT2D eigenvalue weighted by molar-refractivity contribution is 6.01. The third-order valence-corrected chi connectivity index (χ3v) is 6.46.